The Kier molecular flexibility index (Phi) is 14.2. The van der Waals surface area contributed by atoms with Crippen LogP contribution in [-0.4, -0.2) is 51.2 Å². The van der Waals surface area contributed by atoms with Gasteiger partial charge in [-0.25, -0.2) is 0 Å². The number of benzene rings is 4. The predicted molar refractivity (Wildman–Crippen MR) is 186 cm³/mol. The lowest BCUT2D eigenvalue weighted by atomic mass is 9.96. The zero-order valence-corrected chi connectivity index (χ0v) is 27.0. The van der Waals surface area contributed by atoms with Crippen molar-refractivity contribution in [2.75, 3.05) is 46.1 Å². The smallest absolute Gasteiger partial charge is 0.123 e. The molecule has 46 heavy (non-hydrogen) atoms. The maximum absolute atomic E-state index is 11.3. The number of aliphatic hydroxyl groups is 1. The highest BCUT2D eigenvalue weighted by Gasteiger charge is 2.13. The molecule has 1 atom stereocenters. The van der Waals surface area contributed by atoms with E-state index in [0.29, 0.717) is 46.1 Å². The van der Waals surface area contributed by atoms with Crippen LogP contribution in [0.5, 0.6) is 23.0 Å². The fraction of sp³-hybridized carbons (Fsp3) is 0.368. The second-order valence-electron chi connectivity index (χ2n) is 11.2. The van der Waals surface area contributed by atoms with E-state index in [4.69, 9.17) is 36.1 Å². The molecule has 4 aromatic carbocycles. The molecule has 0 saturated heterocycles. The molecule has 8 heteroatoms. The van der Waals surface area contributed by atoms with E-state index in [2.05, 4.69) is 6.92 Å². The molecule has 8 nitrogen and oxygen atoms in total. The predicted octanol–water partition coefficient (Wildman–Crippen LogP) is 6.46. The molecule has 0 spiro atoms. The van der Waals surface area contributed by atoms with Crippen LogP contribution in [-0.2, 0) is 0 Å². The minimum Gasteiger partial charge on any atom is -0.493 e. The Morgan fingerprint density at radius 1 is 0.478 bits per heavy atom. The van der Waals surface area contributed by atoms with Gasteiger partial charge >= 0.3 is 0 Å². The highest BCUT2D eigenvalue weighted by Crippen LogP contribution is 2.34. The normalized spacial score (nSPS) is 11.7. The number of aliphatic hydroxyl groups excluding tert-OH is 1. The highest BCUT2D eigenvalue weighted by molar-refractivity contribution is 5.69. The summed E-state index contributed by atoms with van der Waals surface area (Å²) >= 11 is 0. The van der Waals surface area contributed by atoms with Crippen LogP contribution in [0, 0.1) is 0 Å². The van der Waals surface area contributed by atoms with E-state index in [9.17, 15) is 5.11 Å². The summed E-state index contributed by atoms with van der Waals surface area (Å²) < 4.78 is 23.8. The molecule has 4 aromatic rings. The lowest BCUT2D eigenvalue weighted by molar-refractivity contribution is 0.220. The second-order valence-corrected chi connectivity index (χ2v) is 11.2. The van der Waals surface area contributed by atoms with Crippen LogP contribution in [0.3, 0.4) is 0 Å². The van der Waals surface area contributed by atoms with Crippen LogP contribution in [0.1, 0.15) is 56.3 Å². The minimum absolute atomic E-state index is 0.536. The van der Waals surface area contributed by atoms with Crippen molar-refractivity contribution in [1.29, 1.82) is 0 Å². The van der Waals surface area contributed by atoms with Crippen molar-refractivity contribution in [3.8, 4) is 45.3 Å². The number of rotatable bonds is 20. The molecular weight excluding hydrogens is 578 g/mol. The Morgan fingerprint density at radius 3 is 1.11 bits per heavy atom. The molecule has 246 valence electrons. The van der Waals surface area contributed by atoms with E-state index in [1.807, 2.05) is 84.9 Å². The SMILES string of the molecule is CCCCOc1cc(OCCCN)cc(-c2ccc([C@H](O)c3ccc(-c4cc(OCCCN)cc(OCCCN)c4)cc3)cc2)c1. The summed E-state index contributed by atoms with van der Waals surface area (Å²) in [4.78, 5) is 0. The first-order valence-corrected chi connectivity index (χ1v) is 16.3. The topological polar surface area (TPSA) is 135 Å². The van der Waals surface area contributed by atoms with Crippen LogP contribution in [0.4, 0.5) is 0 Å². The van der Waals surface area contributed by atoms with Crippen molar-refractivity contribution in [3.63, 3.8) is 0 Å². The molecule has 0 fully saturated rings. The molecule has 7 N–H and O–H groups in total. The second kappa shape index (κ2) is 18.8. The Labute approximate surface area is 273 Å². The van der Waals surface area contributed by atoms with Gasteiger partial charge in [-0.05, 0) is 103 Å². The van der Waals surface area contributed by atoms with Crippen molar-refractivity contribution < 1.29 is 24.1 Å². The highest BCUT2D eigenvalue weighted by atomic mass is 16.5. The maximum Gasteiger partial charge on any atom is 0.123 e. The fourth-order valence-electron chi connectivity index (χ4n) is 4.87. The fourth-order valence-corrected chi connectivity index (χ4v) is 4.87. The number of hydrogen-bond acceptors (Lipinski definition) is 8. The van der Waals surface area contributed by atoms with E-state index < -0.39 is 6.10 Å². The van der Waals surface area contributed by atoms with E-state index in [-0.39, 0.29) is 0 Å². The Bertz CT molecular complexity index is 1290. The average molecular weight is 628 g/mol. The third kappa shape index (κ3) is 10.5. The average Bonchev–Trinajstić information content (AvgIpc) is 3.08. The number of unbranched alkanes of at least 4 members (excludes halogenated alkanes) is 1. The van der Waals surface area contributed by atoms with Gasteiger partial charge in [-0.2, -0.15) is 0 Å². The van der Waals surface area contributed by atoms with Crippen molar-refractivity contribution in [2.45, 2.75) is 45.1 Å². The largest absolute Gasteiger partial charge is 0.493 e. The first kappa shape index (κ1) is 34.8. The summed E-state index contributed by atoms with van der Waals surface area (Å²) in [5.41, 5.74) is 22.5. The zero-order chi connectivity index (χ0) is 32.6. The van der Waals surface area contributed by atoms with E-state index in [1.54, 1.807) is 0 Å². The van der Waals surface area contributed by atoms with Gasteiger partial charge in [0.2, 0.25) is 0 Å². The molecule has 0 heterocycles. The van der Waals surface area contributed by atoms with Gasteiger partial charge < -0.3 is 41.3 Å². The summed E-state index contributed by atoms with van der Waals surface area (Å²) in [7, 11) is 0. The van der Waals surface area contributed by atoms with Crippen molar-refractivity contribution in [1.82, 2.24) is 0 Å². The van der Waals surface area contributed by atoms with Gasteiger partial charge in [0, 0.05) is 12.1 Å². The summed E-state index contributed by atoms with van der Waals surface area (Å²) in [6.45, 7) is 6.14. The molecule has 0 aliphatic carbocycles. The summed E-state index contributed by atoms with van der Waals surface area (Å²) in [5.74, 6) is 2.98. The van der Waals surface area contributed by atoms with Crippen LogP contribution in [0.15, 0.2) is 84.9 Å². The van der Waals surface area contributed by atoms with Crippen LogP contribution >= 0.6 is 0 Å². The molecule has 0 radical (unpaired) electrons. The van der Waals surface area contributed by atoms with Gasteiger partial charge in [0.05, 0.1) is 26.4 Å². The number of ether oxygens (including phenoxy) is 4. The molecule has 0 saturated carbocycles. The van der Waals surface area contributed by atoms with Gasteiger partial charge in [-0.3, -0.25) is 0 Å². The maximum atomic E-state index is 11.3. The molecular formula is C38H49N3O5. The molecule has 0 aromatic heterocycles. The minimum atomic E-state index is -0.775. The van der Waals surface area contributed by atoms with Crippen LogP contribution < -0.4 is 36.1 Å². The van der Waals surface area contributed by atoms with E-state index in [0.717, 1.165) is 88.5 Å². The summed E-state index contributed by atoms with van der Waals surface area (Å²) in [5, 5.41) is 11.3. The van der Waals surface area contributed by atoms with Gasteiger partial charge in [0.15, 0.2) is 0 Å². The number of hydrogen-bond donors (Lipinski definition) is 4. The first-order valence-electron chi connectivity index (χ1n) is 16.3. The third-order valence-electron chi connectivity index (χ3n) is 7.50. The van der Waals surface area contributed by atoms with Crippen molar-refractivity contribution >= 4 is 0 Å². The monoisotopic (exact) mass is 627 g/mol. The Balaban J connectivity index is 1.50. The van der Waals surface area contributed by atoms with Gasteiger partial charge in [-0.15, -0.1) is 0 Å². The van der Waals surface area contributed by atoms with Crippen molar-refractivity contribution in [2.24, 2.45) is 17.2 Å². The summed E-state index contributed by atoms with van der Waals surface area (Å²) in [6.07, 6.45) is 3.60. The number of nitrogens with two attached hydrogens (primary N) is 3. The molecule has 0 unspecified atom stereocenters. The van der Waals surface area contributed by atoms with Crippen LogP contribution in [0.25, 0.3) is 22.3 Å². The first-order chi connectivity index (χ1) is 22.5. The molecule has 0 amide bonds. The van der Waals surface area contributed by atoms with Gasteiger partial charge in [0.25, 0.3) is 0 Å². The lowest BCUT2D eigenvalue weighted by Crippen LogP contribution is -2.07. The zero-order valence-electron chi connectivity index (χ0n) is 27.0. The third-order valence-corrected chi connectivity index (χ3v) is 7.50. The Hall–Kier alpha value is -4.08. The quantitative estimate of drug-likeness (QED) is 0.0820. The van der Waals surface area contributed by atoms with E-state index >= 15 is 0 Å². The lowest BCUT2D eigenvalue weighted by Gasteiger charge is -2.15. The molecule has 0 aliphatic rings. The van der Waals surface area contributed by atoms with E-state index in [1.165, 1.54) is 0 Å². The standard InChI is InChI=1S/C38H49N3O5/c1-2-3-18-43-34-22-32(23-35(26-34)44-19-4-15-39)28-7-11-30(12-8-28)38(42)31-13-9-29(10-14-31)33-24-36(45-20-5-16-40)27-37(25-33)46-21-6-17-41/h7-14,22-27,38,42H,2-6,15-21,39-41H2,1H3/t38-/m0/s1. The Morgan fingerprint density at radius 2 is 0.804 bits per heavy atom. The molecule has 0 bridgehead atoms. The van der Waals surface area contributed by atoms with Gasteiger partial charge in [-0.1, -0.05) is 61.9 Å². The summed E-state index contributed by atoms with van der Waals surface area (Å²) in [6, 6.07) is 27.7. The molecule has 4 rings (SSSR count). The molecule has 0 aliphatic heterocycles. The van der Waals surface area contributed by atoms with Crippen molar-refractivity contribution in [3.05, 3.63) is 96.1 Å². The van der Waals surface area contributed by atoms with Crippen LogP contribution in [0.2, 0.25) is 0 Å². The van der Waals surface area contributed by atoms with Gasteiger partial charge in [0.1, 0.15) is 29.1 Å².